The minimum atomic E-state index is 0.445. The van der Waals surface area contributed by atoms with Crippen molar-refractivity contribution >= 4 is 0 Å². The molecule has 3 nitrogen and oxygen atoms in total. The SMILES string of the molecule is Cc1ccc(-n2nc(C#N)cc2-c2ccc3c(c2)CCC3)cc1. The van der Waals surface area contributed by atoms with Crippen molar-refractivity contribution in [1.82, 2.24) is 9.78 Å². The minimum absolute atomic E-state index is 0.445. The van der Waals surface area contributed by atoms with E-state index in [4.69, 9.17) is 0 Å². The van der Waals surface area contributed by atoms with E-state index in [1.54, 1.807) is 0 Å². The summed E-state index contributed by atoms with van der Waals surface area (Å²) in [6.45, 7) is 2.06. The first-order chi connectivity index (χ1) is 11.2. The fraction of sp³-hybridized carbons (Fsp3) is 0.200. The molecule has 0 fully saturated rings. The Balaban J connectivity index is 1.86. The van der Waals surface area contributed by atoms with Crippen molar-refractivity contribution < 1.29 is 0 Å². The highest BCUT2D eigenvalue weighted by Crippen LogP contribution is 2.30. The molecule has 0 saturated carbocycles. The van der Waals surface area contributed by atoms with Gasteiger partial charge in [0.25, 0.3) is 0 Å². The van der Waals surface area contributed by atoms with Gasteiger partial charge in [0, 0.05) is 11.6 Å². The molecule has 0 amide bonds. The number of fused-ring (bicyclic) bond motifs is 1. The summed E-state index contributed by atoms with van der Waals surface area (Å²) in [5, 5.41) is 13.7. The summed E-state index contributed by atoms with van der Waals surface area (Å²) in [5.41, 5.74) is 7.61. The average molecular weight is 299 g/mol. The van der Waals surface area contributed by atoms with E-state index in [9.17, 15) is 5.26 Å². The zero-order chi connectivity index (χ0) is 15.8. The average Bonchev–Trinajstić information content (AvgIpc) is 3.21. The first-order valence-electron chi connectivity index (χ1n) is 7.94. The van der Waals surface area contributed by atoms with Crippen molar-refractivity contribution in [2.24, 2.45) is 0 Å². The molecule has 112 valence electrons. The van der Waals surface area contributed by atoms with Crippen molar-refractivity contribution in [1.29, 1.82) is 5.26 Å². The summed E-state index contributed by atoms with van der Waals surface area (Å²) < 4.78 is 1.87. The fourth-order valence-corrected chi connectivity index (χ4v) is 3.26. The summed E-state index contributed by atoms with van der Waals surface area (Å²) in [7, 11) is 0. The third-order valence-electron chi connectivity index (χ3n) is 4.50. The van der Waals surface area contributed by atoms with Crippen LogP contribution in [0.2, 0.25) is 0 Å². The van der Waals surface area contributed by atoms with Gasteiger partial charge in [-0.2, -0.15) is 10.4 Å². The molecule has 0 atom stereocenters. The second-order valence-corrected chi connectivity index (χ2v) is 6.11. The van der Waals surface area contributed by atoms with Crippen LogP contribution < -0.4 is 0 Å². The Morgan fingerprint density at radius 1 is 1.00 bits per heavy atom. The van der Waals surface area contributed by atoms with E-state index in [0.717, 1.165) is 23.4 Å². The van der Waals surface area contributed by atoms with Gasteiger partial charge >= 0.3 is 0 Å². The highest BCUT2D eigenvalue weighted by Gasteiger charge is 2.15. The van der Waals surface area contributed by atoms with E-state index in [1.807, 2.05) is 22.9 Å². The van der Waals surface area contributed by atoms with Crippen molar-refractivity contribution in [2.45, 2.75) is 26.2 Å². The first-order valence-corrected chi connectivity index (χ1v) is 7.94. The molecule has 0 unspecified atom stereocenters. The molecule has 0 radical (unpaired) electrons. The molecule has 0 bridgehead atoms. The second kappa shape index (κ2) is 5.40. The van der Waals surface area contributed by atoms with E-state index in [2.05, 4.69) is 48.4 Å². The standard InChI is InChI=1S/C20H17N3/c1-14-5-9-19(10-6-14)23-20(12-18(13-21)22-23)17-8-7-15-3-2-4-16(15)11-17/h5-12H,2-4H2,1H3. The quantitative estimate of drug-likeness (QED) is 0.711. The first kappa shape index (κ1) is 13.8. The van der Waals surface area contributed by atoms with Crippen LogP contribution in [0.25, 0.3) is 16.9 Å². The summed E-state index contributed by atoms with van der Waals surface area (Å²) in [6.07, 6.45) is 3.56. The molecule has 3 heteroatoms. The van der Waals surface area contributed by atoms with Crippen molar-refractivity contribution in [2.75, 3.05) is 0 Å². The smallest absolute Gasteiger partial charge is 0.163 e. The molecule has 1 aliphatic carbocycles. The molecule has 1 aliphatic rings. The Morgan fingerprint density at radius 3 is 2.57 bits per heavy atom. The van der Waals surface area contributed by atoms with Gasteiger partial charge in [0.1, 0.15) is 6.07 Å². The summed E-state index contributed by atoms with van der Waals surface area (Å²) >= 11 is 0. The van der Waals surface area contributed by atoms with Crippen LogP contribution >= 0.6 is 0 Å². The minimum Gasteiger partial charge on any atom is -0.232 e. The molecular weight excluding hydrogens is 282 g/mol. The van der Waals surface area contributed by atoms with Gasteiger partial charge in [0.15, 0.2) is 5.69 Å². The fourth-order valence-electron chi connectivity index (χ4n) is 3.26. The zero-order valence-electron chi connectivity index (χ0n) is 13.1. The van der Waals surface area contributed by atoms with Gasteiger partial charge in [0.2, 0.25) is 0 Å². The molecule has 23 heavy (non-hydrogen) atoms. The highest BCUT2D eigenvalue weighted by atomic mass is 15.3. The Bertz CT molecular complexity index is 911. The van der Waals surface area contributed by atoms with Crippen LogP contribution in [0.5, 0.6) is 0 Å². The monoisotopic (exact) mass is 299 g/mol. The Morgan fingerprint density at radius 2 is 1.78 bits per heavy atom. The highest BCUT2D eigenvalue weighted by molar-refractivity contribution is 5.65. The third-order valence-corrected chi connectivity index (χ3v) is 4.50. The summed E-state index contributed by atoms with van der Waals surface area (Å²) in [6, 6.07) is 18.9. The largest absolute Gasteiger partial charge is 0.232 e. The van der Waals surface area contributed by atoms with Crippen molar-refractivity contribution in [3.63, 3.8) is 0 Å². The molecule has 3 aromatic rings. The summed E-state index contributed by atoms with van der Waals surface area (Å²) in [4.78, 5) is 0. The number of aromatic nitrogens is 2. The maximum Gasteiger partial charge on any atom is 0.163 e. The molecule has 0 N–H and O–H groups in total. The number of nitrogens with zero attached hydrogens (tertiary/aromatic N) is 3. The van der Waals surface area contributed by atoms with Crippen LogP contribution in [0.1, 0.15) is 28.8 Å². The molecule has 4 rings (SSSR count). The van der Waals surface area contributed by atoms with Crippen LogP contribution in [0, 0.1) is 18.3 Å². The number of benzene rings is 2. The lowest BCUT2D eigenvalue weighted by Crippen LogP contribution is -1.99. The van der Waals surface area contributed by atoms with Gasteiger partial charge in [-0.15, -0.1) is 0 Å². The van der Waals surface area contributed by atoms with E-state index in [-0.39, 0.29) is 0 Å². The molecule has 0 spiro atoms. The Kier molecular flexibility index (Phi) is 3.24. The van der Waals surface area contributed by atoms with Crippen LogP contribution in [0.15, 0.2) is 48.5 Å². The van der Waals surface area contributed by atoms with Crippen LogP contribution in [0.3, 0.4) is 0 Å². The predicted molar refractivity (Wildman–Crippen MR) is 90.5 cm³/mol. The molecule has 1 aromatic heterocycles. The van der Waals surface area contributed by atoms with E-state index >= 15 is 0 Å². The number of nitriles is 1. The molecule has 0 aliphatic heterocycles. The van der Waals surface area contributed by atoms with Gasteiger partial charge in [-0.1, -0.05) is 29.8 Å². The van der Waals surface area contributed by atoms with E-state index in [0.29, 0.717) is 5.69 Å². The van der Waals surface area contributed by atoms with Gasteiger partial charge in [-0.3, -0.25) is 0 Å². The van der Waals surface area contributed by atoms with Gasteiger partial charge in [0.05, 0.1) is 11.4 Å². The lowest BCUT2D eigenvalue weighted by molar-refractivity contribution is 0.879. The van der Waals surface area contributed by atoms with Crippen LogP contribution in [-0.2, 0) is 12.8 Å². The predicted octanol–water partition coefficient (Wildman–Crippen LogP) is 4.21. The van der Waals surface area contributed by atoms with Gasteiger partial charge < -0.3 is 0 Å². The maximum absolute atomic E-state index is 9.24. The second-order valence-electron chi connectivity index (χ2n) is 6.11. The third kappa shape index (κ3) is 2.43. The van der Waals surface area contributed by atoms with Crippen LogP contribution in [-0.4, -0.2) is 9.78 Å². The van der Waals surface area contributed by atoms with Gasteiger partial charge in [-0.25, -0.2) is 4.68 Å². The lowest BCUT2D eigenvalue weighted by Gasteiger charge is -2.09. The number of rotatable bonds is 2. The Labute approximate surface area is 135 Å². The number of aryl methyl sites for hydroxylation is 3. The topological polar surface area (TPSA) is 41.6 Å². The van der Waals surface area contributed by atoms with Crippen molar-refractivity contribution in [3.8, 4) is 23.0 Å². The maximum atomic E-state index is 9.24. The zero-order valence-corrected chi connectivity index (χ0v) is 13.1. The summed E-state index contributed by atoms with van der Waals surface area (Å²) in [5.74, 6) is 0. The van der Waals surface area contributed by atoms with Crippen molar-refractivity contribution in [3.05, 3.63) is 70.9 Å². The molecule has 0 saturated heterocycles. The number of hydrogen-bond donors (Lipinski definition) is 0. The molecule has 1 heterocycles. The number of hydrogen-bond acceptors (Lipinski definition) is 2. The van der Waals surface area contributed by atoms with Crippen LogP contribution in [0.4, 0.5) is 0 Å². The van der Waals surface area contributed by atoms with E-state index < -0.39 is 0 Å². The normalized spacial score (nSPS) is 12.9. The molecule has 2 aromatic carbocycles. The Hall–Kier alpha value is -2.86. The lowest BCUT2D eigenvalue weighted by atomic mass is 10.0. The van der Waals surface area contributed by atoms with Gasteiger partial charge in [-0.05, 0) is 55.5 Å². The van der Waals surface area contributed by atoms with E-state index in [1.165, 1.54) is 29.5 Å². The molecular formula is C20H17N3.